The van der Waals surface area contributed by atoms with E-state index in [-0.39, 0.29) is 0 Å². The number of fused-ring (bicyclic) bond motifs is 12. The Balaban J connectivity index is 1.10. The molecule has 13 aromatic rings. The summed E-state index contributed by atoms with van der Waals surface area (Å²) in [5.74, 6) is 0. The molecule has 0 amide bonds. The van der Waals surface area contributed by atoms with Gasteiger partial charge < -0.3 is 18.6 Å². The molecule has 0 bridgehead atoms. The van der Waals surface area contributed by atoms with Crippen LogP contribution in [0.3, 0.4) is 0 Å². The van der Waals surface area contributed by atoms with Crippen LogP contribution in [0.4, 0.5) is 34.1 Å². The van der Waals surface area contributed by atoms with E-state index >= 15 is 0 Å². The first-order chi connectivity index (χ1) is 29.7. The van der Waals surface area contributed by atoms with Gasteiger partial charge in [-0.25, -0.2) is 0 Å². The number of hydrogen-bond acceptors (Lipinski definition) is 2. The minimum Gasteiger partial charge on any atom is -0.310 e. The van der Waals surface area contributed by atoms with Gasteiger partial charge in [-0.2, -0.15) is 0 Å². The predicted octanol–water partition coefficient (Wildman–Crippen LogP) is 15.5. The molecule has 0 fully saturated rings. The van der Waals surface area contributed by atoms with Crippen LogP contribution in [-0.4, -0.2) is 8.80 Å². The first kappa shape index (κ1) is 33.2. The molecule has 0 unspecified atom stereocenters. The van der Waals surface area contributed by atoms with Gasteiger partial charge in [0.25, 0.3) is 0 Å². The Morgan fingerprint density at radius 3 is 1.10 bits per heavy atom. The molecule has 4 heterocycles. The summed E-state index contributed by atoms with van der Waals surface area (Å²) in [7, 11) is 0. The van der Waals surface area contributed by atoms with E-state index < -0.39 is 0 Å². The molecular formula is C56H38N4. The normalized spacial score (nSPS) is 12.2. The summed E-state index contributed by atoms with van der Waals surface area (Å²) in [4.78, 5) is 4.87. The summed E-state index contributed by atoms with van der Waals surface area (Å²) in [6.45, 7) is 4.41. The van der Waals surface area contributed by atoms with Gasteiger partial charge in [0.1, 0.15) is 0 Å². The van der Waals surface area contributed by atoms with E-state index in [1.54, 1.807) is 0 Å². The van der Waals surface area contributed by atoms with Crippen LogP contribution < -0.4 is 9.80 Å². The average molecular weight is 767 g/mol. The number of anilines is 6. The second kappa shape index (κ2) is 12.3. The highest BCUT2D eigenvalue weighted by Crippen LogP contribution is 2.50. The molecule has 0 aliphatic heterocycles. The molecule has 9 aromatic carbocycles. The van der Waals surface area contributed by atoms with Crippen molar-refractivity contribution in [2.75, 3.05) is 9.80 Å². The Morgan fingerprint density at radius 1 is 0.300 bits per heavy atom. The van der Waals surface area contributed by atoms with E-state index in [1.165, 1.54) is 110 Å². The van der Waals surface area contributed by atoms with E-state index in [1.807, 2.05) is 0 Å². The third kappa shape index (κ3) is 4.39. The summed E-state index contributed by atoms with van der Waals surface area (Å²) in [6, 6.07) is 71.3. The lowest BCUT2D eigenvalue weighted by Gasteiger charge is -2.28. The van der Waals surface area contributed by atoms with Crippen molar-refractivity contribution in [3.8, 4) is 0 Å². The number of benzene rings is 9. The van der Waals surface area contributed by atoms with Crippen molar-refractivity contribution >= 4 is 110 Å². The molecule has 0 aliphatic rings. The van der Waals surface area contributed by atoms with E-state index in [2.05, 4.69) is 227 Å². The maximum absolute atomic E-state index is 2.53. The first-order valence-corrected chi connectivity index (χ1v) is 20.8. The molecular weight excluding hydrogens is 729 g/mol. The molecule has 60 heavy (non-hydrogen) atoms. The predicted molar refractivity (Wildman–Crippen MR) is 255 cm³/mol. The van der Waals surface area contributed by atoms with E-state index in [9.17, 15) is 0 Å². The quantitative estimate of drug-likeness (QED) is 0.167. The minimum absolute atomic E-state index is 1.14. The summed E-state index contributed by atoms with van der Waals surface area (Å²) < 4.78 is 5.06. The fraction of sp³-hybridized carbons (Fsp3) is 0.0357. The molecule has 13 rings (SSSR count). The molecule has 0 spiro atoms. The molecule has 4 aromatic heterocycles. The van der Waals surface area contributed by atoms with Crippen LogP contribution in [0.15, 0.2) is 194 Å². The van der Waals surface area contributed by atoms with Gasteiger partial charge in [0.15, 0.2) is 0 Å². The SMILES string of the molecule is Cc1ccccc1N(c1ccccc1)c1cccc2c1c1cccc3c4cc5c(cc4n2c31)c1cccc2c3c(N(c4ccccc4)c4ccccc4C)cccc3n5c12. The van der Waals surface area contributed by atoms with Crippen LogP contribution in [0, 0.1) is 13.8 Å². The van der Waals surface area contributed by atoms with E-state index in [4.69, 9.17) is 0 Å². The zero-order valence-corrected chi connectivity index (χ0v) is 33.3. The van der Waals surface area contributed by atoms with Crippen LogP contribution in [0.25, 0.3) is 76.2 Å². The Morgan fingerprint density at radius 2 is 0.667 bits per heavy atom. The molecule has 4 nitrogen and oxygen atoms in total. The van der Waals surface area contributed by atoms with E-state index in [0.717, 1.165) is 11.4 Å². The Labute approximate surface area is 346 Å². The van der Waals surface area contributed by atoms with Crippen molar-refractivity contribution in [1.82, 2.24) is 8.80 Å². The molecule has 0 radical (unpaired) electrons. The smallest absolute Gasteiger partial charge is 0.0621 e. The molecule has 282 valence electrons. The van der Waals surface area contributed by atoms with Gasteiger partial charge in [-0.15, -0.1) is 0 Å². The van der Waals surface area contributed by atoms with Crippen molar-refractivity contribution in [3.05, 3.63) is 205 Å². The number of rotatable bonds is 6. The van der Waals surface area contributed by atoms with Gasteiger partial charge >= 0.3 is 0 Å². The van der Waals surface area contributed by atoms with Crippen LogP contribution in [0.1, 0.15) is 11.1 Å². The molecule has 0 saturated heterocycles. The van der Waals surface area contributed by atoms with Gasteiger partial charge in [0.05, 0.1) is 44.5 Å². The third-order valence-corrected chi connectivity index (χ3v) is 13.0. The minimum atomic E-state index is 1.14. The zero-order valence-electron chi connectivity index (χ0n) is 33.3. The summed E-state index contributed by atoms with van der Waals surface area (Å²) >= 11 is 0. The van der Waals surface area contributed by atoms with Gasteiger partial charge in [-0.05, 0) is 97.8 Å². The van der Waals surface area contributed by atoms with Crippen molar-refractivity contribution in [2.45, 2.75) is 13.8 Å². The van der Waals surface area contributed by atoms with Gasteiger partial charge in [0.2, 0.25) is 0 Å². The Hall–Kier alpha value is -7.82. The van der Waals surface area contributed by atoms with Gasteiger partial charge in [0, 0.05) is 65.8 Å². The second-order valence-electron chi connectivity index (χ2n) is 16.2. The second-order valence-corrected chi connectivity index (χ2v) is 16.2. The third-order valence-electron chi connectivity index (χ3n) is 13.0. The lowest BCUT2D eigenvalue weighted by molar-refractivity contribution is 1.26. The van der Waals surface area contributed by atoms with Crippen molar-refractivity contribution in [2.24, 2.45) is 0 Å². The molecule has 4 heteroatoms. The summed E-state index contributed by atoms with van der Waals surface area (Å²) in [5.41, 5.74) is 16.9. The highest BCUT2D eigenvalue weighted by Gasteiger charge is 2.27. The lowest BCUT2D eigenvalue weighted by atomic mass is 10.0. The van der Waals surface area contributed by atoms with Gasteiger partial charge in [-0.1, -0.05) is 121 Å². The Kier molecular flexibility index (Phi) is 6.83. The monoisotopic (exact) mass is 766 g/mol. The number of hydrogen-bond donors (Lipinski definition) is 0. The largest absolute Gasteiger partial charge is 0.310 e. The fourth-order valence-corrected chi connectivity index (χ4v) is 10.5. The zero-order chi connectivity index (χ0) is 39.6. The number of aryl methyl sites for hydroxylation is 2. The average Bonchev–Trinajstić information content (AvgIpc) is 4.02. The number of nitrogens with zero attached hydrogens (tertiary/aromatic N) is 4. The first-order valence-electron chi connectivity index (χ1n) is 20.8. The maximum Gasteiger partial charge on any atom is 0.0621 e. The van der Waals surface area contributed by atoms with Crippen LogP contribution >= 0.6 is 0 Å². The summed E-state index contributed by atoms with van der Waals surface area (Å²) in [5, 5.41) is 10.1. The molecule has 0 saturated carbocycles. The highest BCUT2D eigenvalue weighted by molar-refractivity contribution is 6.31. The van der Waals surface area contributed by atoms with Crippen LogP contribution in [-0.2, 0) is 0 Å². The molecule has 0 atom stereocenters. The number of para-hydroxylation sites is 6. The maximum atomic E-state index is 2.53. The molecule has 0 N–H and O–H groups in total. The van der Waals surface area contributed by atoms with Crippen molar-refractivity contribution in [1.29, 1.82) is 0 Å². The lowest BCUT2D eigenvalue weighted by Crippen LogP contribution is -2.11. The van der Waals surface area contributed by atoms with E-state index in [0.29, 0.717) is 0 Å². The topological polar surface area (TPSA) is 15.3 Å². The highest BCUT2D eigenvalue weighted by atomic mass is 15.2. The molecule has 0 aliphatic carbocycles. The van der Waals surface area contributed by atoms with Gasteiger partial charge in [-0.3, -0.25) is 0 Å². The van der Waals surface area contributed by atoms with Crippen LogP contribution in [0.2, 0.25) is 0 Å². The number of aromatic nitrogens is 2. The summed E-state index contributed by atoms with van der Waals surface area (Å²) in [6.07, 6.45) is 0. The standard InChI is InChI=1S/C56H38N4/c1-35-17-9-11-27-45(35)57(37-19-5-3-6-20-37)47-29-15-31-49-53(47)41-25-13-23-39-43-34-52-44(33-51(43)59(49)55(39)41)40-24-14-26-42-54-48(30-16-32-50(54)60(52)56(40)42)58(38-21-7-4-8-22-38)46-28-12-10-18-36(46)2/h3-34H,1-2H3. The fourth-order valence-electron chi connectivity index (χ4n) is 10.5. The Bertz CT molecular complexity index is 3550. The van der Waals surface area contributed by atoms with Crippen LogP contribution in [0.5, 0.6) is 0 Å². The van der Waals surface area contributed by atoms with Crippen molar-refractivity contribution < 1.29 is 0 Å². The van der Waals surface area contributed by atoms with Crippen molar-refractivity contribution in [3.63, 3.8) is 0 Å².